The molecule has 0 spiro atoms. The maximum Gasteiger partial charge on any atom is 0.387 e. The van der Waals surface area contributed by atoms with Gasteiger partial charge in [-0.05, 0) is 47.4 Å². The highest BCUT2D eigenvalue weighted by Crippen LogP contribution is 2.24. The summed E-state index contributed by atoms with van der Waals surface area (Å²) in [4.78, 5) is 0. The molecule has 0 bridgehead atoms. The first-order valence-corrected chi connectivity index (χ1v) is 7.91. The van der Waals surface area contributed by atoms with Gasteiger partial charge >= 0.3 is 6.61 Å². The molecule has 2 aromatic carbocycles. The maximum absolute atomic E-state index is 14.0. The van der Waals surface area contributed by atoms with E-state index in [4.69, 9.17) is 4.74 Å². The minimum Gasteiger partial charge on any atom is -0.435 e. The van der Waals surface area contributed by atoms with Crippen molar-refractivity contribution in [3.8, 4) is 5.75 Å². The minimum absolute atomic E-state index is 0.0466. The van der Waals surface area contributed by atoms with Crippen LogP contribution >= 0.6 is 0 Å². The third kappa shape index (κ3) is 6.66. The van der Waals surface area contributed by atoms with Gasteiger partial charge in [0.15, 0.2) is 0 Å². The molecule has 0 fully saturated rings. The Morgan fingerprint density at radius 3 is 2.32 bits per heavy atom. The van der Waals surface area contributed by atoms with E-state index in [0.29, 0.717) is 24.6 Å². The second-order valence-electron chi connectivity index (χ2n) is 6.90. The van der Waals surface area contributed by atoms with Gasteiger partial charge in [0.2, 0.25) is 0 Å². The summed E-state index contributed by atoms with van der Waals surface area (Å²) in [7, 11) is 0. The number of benzene rings is 2. The van der Waals surface area contributed by atoms with Crippen LogP contribution in [0.15, 0.2) is 42.5 Å². The van der Waals surface area contributed by atoms with Gasteiger partial charge in [0.25, 0.3) is 0 Å². The van der Waals surface area contributed by atoms with Crippen molar-refractivity contribution in [2.45, 2.75) is 34.0 Å². The summed E-state index contributed by atoms with van der Waals surface area (Å²) < 4.78 is 48.2. The predicted molar refractivity (Wildman–Crippen MR) is 91.9 cm³/mol. The molecule has 0 aliphatic heterocycles. The summed E-state index contributed by atoms with van der Waals surface area (Å²) in [6.45, 7) is 4.33. The van der Waals surface area contributed by atoms with E-state index < -0.39 is 12.4 Å². The lowest BCUT2D eigenvalue weighted by Gasteiger charge is -2.18. The summed E-state index contributed by atoms with van der Waals surface area (Å²) in [6.07, 6.45) is 0. The first-order valence-electron chi connectivity index (χ1n) is 7.91. The van der Waals surface area contributed by atoms with Gasteiger partial charge in [0.05, 0.1) is 18.9 Å². The lowest BCUT2D eigenvalue weighted by molar-refractivity contribution is -0.0498. The third-order valence-electron chi connectivity index (χ3n) is 3.19. The van der Waals surface area contributed by atoms with Crippen LogP contribution in [0.3, 0.4) is 0 Å². The molecule has 0 amide bonds. The highest BCUT2D eigenvalue weighted by molar-refractivity contribution is 5.61. The summed E-state index contributed by atoms with van der Waals surface area (Å²) in [5.74, 6) is -0.363. The minimum atomic E-state index is -2.87. The molecule has 25 heavy (non-hydrogen) atoms. The second-order valence-corrected chi connectivity index (χ2v) is 6.90. The number of hydrogen-bond donors (Lipinski definition) is 1. The van der Waals surface area contributed by atoms with Crippen LogP contribution in [0.2, 0.25) is 0 Å². The average molecular weight is 353 g/mol. The Hall–Kier alpha value is -2.21. The van der Waals surface area contributed by atoms with Gasteiger partial charge in [0.1, 0.15) is 11.6 Å². The van der Waals surface area contributed by atoms with Crippen molar-refractivity contribution in [1.82, 2.24) is 0 Å². The van der Waals surface area contributed by atoms with Gasteiger partial charge in [-0.1, -0.05) is 26.8 Å². The summed E-state index contributed by atoms with van der Waals surface area (Å²) >= 11 is 0. The maximum atomic E-state index is 14.0. The van der Waals surface area contributed by atoms with Crippen molar-refractivity contribution in [3.63, 3.8) is 0 Å². The Morgan fingerprint density at radius 2 is 1.72 bits per heavy atom. The molecular weight excluding hydrogens is 331 g/mol. The van der Waals surface area contributed by atoms with Crippen LogP contribution in [-0.4, -0.2) is 13.2 Å². The number of hydrogen-bond acceptors (Lipinski definition) is 3. The smallest absolute Gasteiger partial charge is 0.387 e. The molecule has 6 heteroatoms. The van der Waals surface area contributed by atoms with E-state index in [9.17, 15) is 13.2 Å². The fourth-order valence-electron chi connectivity index (χ4n) is 2.11. The van der Waals surface area contributed by atoms with E-state index in [1.165, 1.54) is 18.2 Å². The predicted octanol–water partition coefficient (Wildman–Crippen LogP) is 5.73. The average Bonchev–Trinajstić information content (AvgIpc) is 2.50. The van der Waals surface area contributed by atoms with Crippen molar-refractivity contribution >= 4 is 11.4 Å². The van der Waals surface area contributed by atoms with Gasteiger partial charge in [-0.25, -0.2) is 4.39 Å². The third-order valence-corrected chi connectivity index (χ3v) is 3.19. The number of halogens is 3. The molecular formula is C19H22F3NO2. The molecule has 2 rings (SSSR count). The monoisotopic (exact) mass is 353 g/mol. The number of rotatable bonds is 7. The molecule has 0 unspecified atom stereocenters. The van der Waals surface area contributed by atoms with Crippen molar-refractivity contribution < 1.29 is 22.6 Å². The quantitative estimate of drug-likeness (QED) is 0.689. The zero-order valence-electron chi connectivity index (χ0n) is 14.5. The van der Waals surface area contributed by atoms with E-state index in [0.717, 1.165) is 5.56 Å². The van der Waals surface area contributed by atoms with Gasteiger partial charge in [-0.2, -0.15) is 8.78 Å². The molecule has 3 nitrogen and oxygen atoms in total. The molecule has 1 N–H and O–H groups in total. The van der Waals surface area contributed by atoms with Gasteiger partial charge in [-0.15, -0.1) is 0 Å². The molecule has 0 heterocycles. The fraction of sp³-hybridized carbons (Fsp3) is 0.368. The van der Waals surface area contributed by atoms with Crippen LogP contribution in [0.4, 0.5) is 24.5 Å². The topological polar surface area (TPSA) is 30.5 Å². The highest BCUT2D eigenvalue weighted by Gasteiger charge is 2.11. The van der Waals surface area contributed by atoms with Crippen LogP contribution in [0, 0.1) is 11.2 Å². The molecule has 0 saturated heterocycles. The summed E-state index contributed by atoms with van der Waals surface area (Å²) in [5, 5.41) is 2.93. The Labute approximate surface area is 145 Å². The fourth-order valence-corrected chi connectivity index (χ4v) is 2.11. The van der Waals surface area contributed by atoms with Crippen LogP contribution in [0.25, 0.3) is 0 Å². The highest BCUT2D eigenvalue weighted by atomic mass is 19.3. The first kappa shape index (κ1) is 19.1. The van der Waals surface area contributed by atoms with Crippen molar-refractivity contribution in [2.24, 2.45) is 5.41 Å². The van der Waals surface area contributed by atoms with E-state index in [2.05, 4.69) is 30.8 Å². The summed E-state index contributed by atoms with van der Waals surface area (Å²) in [6, 6.07) is 10.6. The van der Waals surface area contributed by atoms with E-state index in [1.807, 2.05) is 0 Å². The molecule has 0 aliphatic rings. The van der Waals surface area contributed by atoms with E-state index in [1.54, 1.807) is 24.3 Å². The van der Waals surface area contributed by atoms with Crippen molar-refractivity contribution in [2.75, 3.05) is 11.9 Å². The Morgan fingerprint density at radius 1 is 1.04 bits per heavy atom. The standard InChI is InChI=1S/C19H22F3NO2/c1-19(2,3)12-24-11-13-4-9-16(20)17(10-13)23-14-5-7-15(8-6-14)25-18(21)22/h4-10,18,23H,11-12H2,1-3H3. The lowest BCUT2D eigenvalue weighted by atomic mass is 9.99. The Kier molecular flexibility index (Phi) is 6.31. The Balaban J connectivity index is 2.02. The summed E-state index contributed by atoms with van der Waals surface area (Å²) in [5.41, 5.74) is 1.75. The molecule has 0 saturated carbocycles. The number of ether oxygens (including phenoxy) is 2. The van der Waals surface area contributed by atoms with Crippen molar-refractivity contribution in [1.29, 1.82) is 0 Å². The van der Waals surface area contributed by atoms with Gasteiger partial charge < -0.3 is 14.8 Å². The molecule has 2 aromatic rings. The number of anilines is 2. The van der Waals surface area contributed by atoms with Crippen LogP contribution in [-0.2, 0) is 11.3 Å². The Bertz CT molecular complexity index is 682. The van der Waals surface area contributed by atoms with Crippen LogP contribution in [0.5, 0.6) is 5.75 Å². The number of alkyl halides is 2. The van der Waals surface area contributed by atoms with Gasteiger partial charge in [0, 0.05) is 5.69 Å². The largest absolute Gasteiger partial charge is 0.435 e. The molecule has 0 aromatic heterocycles. The number of nitrogens with one attached hydrogen (secondary N) is 1. The first-order chi connectivity index (χ1) is 11.7. The van der Waals surface area contributed by atoms with E-state index in [-0.39, 0.29) is 11.2 Å². The van der Waals surface area contributed by atoms with Crippen LogP contribution < -0.4 is 10.1 Å². The molecule has 136 valence electrons. The van der Waals surface area contributed by atoms with Crippen LogP contribution in [0.1, 0.15) is 26.3 Å². The van der Waals surface area contributed by atoms with Gasteiger partial charge in [-0.3, -0.25) is 0 Å². The molecule has 0 atom stereocenters. The second kappa shape index (κ2) is 8.25. The van der Waals surface area contributed by atoms with Crippen molar-refractivity contribution in [3.05, 3.63) is 53.8 Å². The normalized spacial score (nSPS) is 11.6. The molecule has 0 radical (unpaired) electrons. The zero-order chi connectivity index (χ0) is 18.4. The molecule has 0 aliphatic carbocycles. The van der Waals surface area contributed by atoms with E-state index >= 15 is 0 Å². The SMILES string of the molecule is CC(C)(C)COCc1ccc(F)c(Nc2ccc(OC(F)F)cc2)c1. The lowest BCUT2D eigenvalue weighted by Crippen LogP contribution is -2.14. The zero-order valence-corrected chi connectivity index (χ0v) is 14.5.